The van der Waals surface area contributed by atoms with Crippen LogP contribution in [0.25, 0.3) is 0 Å². The van der Waals surface area contributed by atoms with Gasteiger partial charge in [-0.1, -0.05) is 18.2 Å². The first-order valence-electron chi connectivity index (χ1n) is 3.96. The molecular formula is C10H14N2. The third-order valence-electron chi connectivity index (χ3n) is 1.55. The highest BCUT2D eigenvalue weighted by Crippen LogP contribution is 2.07. The van der Waals surface area contributed by atoms with E-state index in [0.29, 0.717) is 0 Å². The smallest absolute Gasteiger partial charge is 0.128 e. The number of pyridine rings is 1. The first kappa shape index (κ1) is 8.78. The van der Waals surface area contributed by atoms with E-state index >= 15 is 0 Å². The monoisotopic (exact) mass is 162 g/mol. The predicted molar refractivity (Wildman–Crippen MR) is 52.3 cm³/mol. The van der Waals surface area contributed by atoms with Crippen LogP contribution < -0.4 is 4.90 Å². The summed E-state index contributed by atoms with van der Waals surface area (Å²) in [5.41, 5.74) is 1.14. The fourth-order valence-corrected chi connectivity index (χ4v) is 1.07. The molecule has 0 aliphatic rings. The largest absolute Gasteiger partial charge is 0.356 e. The first-order chi connectivity index (χ1) is 5.70. The van der Waals surface area contributed by atoms with E-state index < -0.39 is 0 Å². The highest BCUT2D eigenvalue weighted by atomic mass is 15.2. The number of hydrogen-bond donors (Lipinski definition) is 0. The van der Waals surface area contributed by atoms with Gasteiger partial charge >= 0.3 is 0 Å². The number of anilines is 1. The van der Waals surface area contributed by atoms with Gasteiger partial charge in [-0.2, -0.15) is 0 Å². The lowest BCUT2D eigenvalue weighted by Crippen LogP contribution is -2.19. The zero-order valence-corrected chi connectivity index (χ0v) is 7.62. The number of hydrogen-bond acceptors (Lipinski definition) is 2. The van der Waals surface area contributed by atoms with Crippen molar-refractivity contribution in [3.05, 3.63) is 36.5 Å². The molecule has 0 atom stereocenters. The fourth-order valence-electron chi connectivity index (χ4n) is 1.07. The molecule has 0 amide bonds. The summed E-state index contributed by atoms with van der Waals surface area (Å²) in [7, 11) is 2.01. The maximum absolute atomic E-state index is 4.22. The fraction of sp³-hybridized carbons (Fsp3) is 0.300. The van der Waals surface area contributed by atoms with E-state index in [2.05, 4.69) is 16.5 Å². The molecule has 1 rings (SSSR count). The predicted octanol–water partition coefficient (Wildman–Crippen LogP) is 2.09. The average Bonchev–Trinajstić information content (AvgIpc) is 2.05. The van der Waals surface area contributed by atoms with E-state index in [4.69, 9.17) is 0 Å². The van der Waals surface area contributed by atoms with Crippen molar-refractivity contribution in [1.82, 2.24) is 4.98 Å². The van der Waals surface area contributed by atoms with Crippen molar-refractivity contribution in [2.24, 2.45) is 0 Å². The minimum absolute atomic E-state index is 0.858. The number of nitrogens with zero attached hydrogens (tertiary/aromatic N) is 2. The van der Waals surface area contributed by atoms with Crippen LogP contribution in [-0.2, 0) is 0 Å². The summed E-state index contributed by atoms with van der Waals surface area (Å²) in [5.74, 6) is 0.987. The van der Waals surface area contributed by atoms with Crippen LogP contribution in [0.15, 0.2) is 36.5 Å². The third-order valence-corrected chi connectivity index (χ3v) is 1.55. The van der Waals surface area contributed by atoms with Crippen LogP contribution in [0, 0.1) is 0 Å². The topological polar surface area (TPSA) is 16.1 Å². The van der Waals surface area contributed by atoms with Crippen LogP contribution in [0.3, 0.4) is 0 Å². The summed E-state index contributed by atoms with van der Waals surface area (Å²) in [6, 6.07) is 5.89. The van der Waals surface area contributed by atoms with E-state index in [1.165, 1.54) is 0 Å². The van der Waals surface area contributed by atoms with Crippen molar-refractivity contribution in [3.8, 4) is 0 Å². The summed E-state index contributed by atoms with van der Waals surface area (Å²) in [6.07, 6.45) is 1.80. The quantitative estimate of drug-likeness (QED) is 0.633. The number of aromatic nitrogens is 1. The van der Waals surface area contributed by atoms with Gasteiger partial charge in [-0.05, 0) is 19.1 Å². The molecule has 1 heterocycles. The Labute approximate surface area is 73.5 Å². The van der Waals surface area contributed by atoms with Gasteiger partial charge in [-0.25, -0.2) is 4.98 Å². The standard InChI is InChI=1S/C10H14N2/c1-9(2)8-12(3)10-6-4-5-7-11-10/h4-7H,1,8H2,2-3H3. The molecule has 0 unspecified atom stereocenters. The lowest BCUT2D eigenvalue weighted by atomic mass is 10.3. The van der Waals surface area contributed by atoms with Gasteiger partial charge in [0.15, 0.2) is 0 Å². The van der Waals surface area contributed by atoms with Crippen molar-refractivity contribution < 1.29 is 0 Å². The molecule has 1 aromatic rings. The molecule has 0 fully saturated rings. The number of likely N-dealkylation sites (N-methyl/N-ethyl adjacent to an activating group) is 1. The minimum atomic E-state index is 0.858. The Morgan fingerprint density at radius 3 is 2.83 bits per heavy atom. The normalized spacial score (nSPS) is 9.50. The molecule has 0 saturated heterocycles. The summed E-state index contributed by atoms with van der Waals surface area (Å²) >= 11 is 0. The van der Waals surface area contributed by atoms with Crippen molar-refractivity contribution >= 4 is 5.82 Å². The first-order valence-corrected chi connectivity index (χ1v) is 3.96. The summed E-state index contributed by atoms with van der Waals surface area (Å²) in [4.78, 5) is 6.29. The SMILES string of the molecule is C=C(C)CN(C)c1ccccn1. The molecule has 12 heavy (non-hydrogen) atoms. The van der Waals surface area contributed by atoms with Crippen molar-refractivity contribution in [3.63, 3.8) is 0 Å². The second-order valence-electron chi connectivity index (χ2n) is 3.00. The van der Waals surface area contributed by atoms with Gasteiger partial charge in [0.25, 0.3) is 0 Å². The minimum Gasteiger partial charge on any atom is -0.356 e. The molecule has 0 saturated carbocycles. The Kier molecular flexibility index (Phi) is 2.86. The van der Waals surface area contributed by atoms with Crippen LogP contribution in [0.2, 0.25) is 0 Å². The van der Waals surface area contributed by atoms with E-state index in [1.807, 2.05) is 32.2 Å². The van der Waals surface area contributed by atoms with Gasteiger partial charge in [0.05, 0.1) is 0 Å². The lowest BCUT2D eigenvalue weighted by molar-refractivity contribution is 0.954. The second kappa shape index (κ2) is 3.90. The van der Waals surface area contributed by atoms with Crippen molar-refractivity contribution in [1.29, 1.82) is 0 Å². The molecule has 0 aromatic carbocycles. The molecule has 0 spiro atoms. The Balaban J connectivity index is 2.65. The van der Waals surface area contributed by atoms with E-state index in [-0.39, 0.29) is 0 Å². The molecule has 0 bridgehead atoms. The van der Waals surface area contributed by atoms with Gasteiger partial charge in [0.2, 0.25) is 0 Å². The Bertz CT molecular complexity index is 254. The summed E-state index contributed by atoms with van der Waals surface area (Å²) < 4.78 is 0. The molecular weight excluding hydrogens is 148 g/mol. The molecule has 0 radical (unpaired) electrons. The Morgan fingerprint density at radius 1 is 1.58 bits per heavy atom. The molecule has 64 valence electrons. The molecule has 1 aromatic heterocycles. The molecule has 2 heteroatoms. The number of rotatable bonds is 3. The molecule has 0 aliphatic carbocycles. The van der Waals surface area contributed by atoms with Crippen molar-refractivity contribution in [2.75, 3.05) is 18.5 Å². The van der Waals surface area contributed by atoms with E-state index in [1.54, 1.807) is 6.20 Å². The van der Waals surface area contributed by atoms with Gasteiger partial charge in [0, 0.05) is 19.8 Å². The van der Waals surface area contributed by atoms with Crippen LogP contribution >= 0.6 is 0 Å². The molecule has 2 nitrogen and oxygen atoms in total. The zero-order valence-electron chi connectivity index (χ0n) is 7.62. The summed E-state index contributed by atoms with van der Waals surface area (Å²) in [6.45, 7) is 6.72. The maximum Gasteiger partial charge on any atom is 0.128 e. The average molecular weight is 162 g/mol. The second-order valence-corrected chi connectivity index (χ2v) is 3.00. The third kappa shape index (κ3) is 2.38. The van der Waals surface area contributed by atoms with E-state index in [9.17, 15) is 0 Å². The molecule has 0 aliphatic heterocycles. The van der Waals surface area contributed by atoms with Crippen LogP contribution in [0.4, 0.5) is 5.82 Å². The van der Waals surface area contributed by atoms with Gasteiger partial charge < -0.3 is 4.90 Å². The van der Waals surface area contributed by atoms with Gasteiger partial charge in [-0.15, -0.1) is 0 Å². The van der Waals surface area contributed by atoms with Gasteiger partial charge in [-0.3, -0.25) is 0 Å². The Morgan fingerprint density at radius 2 is 2.33 bits per heavy atom. The van der Waals surface area contributed by atoms with Gasteiger partial charge in [0.1, 0.15) is 5.82 Å². The Hall–Kier alpha value is -1.31. The zero-order chi connectivity index (χ0) is 8.97. The highest BCUT2D eigenvalue weighted by Gasteiger charge is 1.99. The highest BCUT2D eigenvalue weighted by molar-refractivity contribution is 5.37. The van der Waals surface area contributed by atoms with E-state index in [0.717, 1.165) is 17.9 Å². The lowest BCUT2D eigenvalue weighted by Gasteiger charge is -2.17. The van der Waals surface area contributed by atoms with Crippen molar-refractivity contribution in [2.45, 2.75) is 6.92 Å². The van der Waals surface area contributed by atoms with Crippen LogP contribution in [0.1, 0.15) is 6.92 Å². The van der Waals surface area contributed by atoms with Crippen LogP contribution in [0.5, 0.6) is 0 Å². The summed E-state index contributed by atoms with van der Waals surface area (Å²) in [5, 5.41) is 0. The molecule has 0 N–H and O–H groups in total. The van der Waals surface area contributed by atoms with Crippen LogP contribution in [-0.4, -0.2) is 18.6 Å². The maximum atomic E-state index is 4.22.